The van der Waals surface area contributed by atoms with Crippen molar-refractivity contribution in [1.29, 1.82) is 0 Å². The van der Waals surface area contributed by atoms with Gasteiger partial charge in [0.15, 0.2) is 5.96 Å². The van der Waals surface area contributed by atoms with Crippen LogP contribution in [0.25, 0.3) is 0 Å². The van der Waals surface area contributed by atoms with Gasteiger partial charge in [-0.3, -0.25) is 4.99 Å². The fourth-order valence-electron chi connectivity index (χ4n) is 3.23. The monoisotopic (exact) mass is 385 g/mol. The van der Waals surface area contributed by atoms with E-state index in [1.807, 2.05) is 0 Å². The van der Waals surface area contributed by atoms with Crippen LogP contribution in [0.2, 0.25) is 0 Å². The molecule has 2 aliphatic rings. The molecule has 0 aliphatic carbocycles. The highest BCUT2D eigenvalue weighted by Gasteiger charge is 2.15. The van der Waals surface area contributed by atoms with E-state index < -0.39 is 0 Å². The van der Waals surface area contributed by atoms with Crippen LogP contribution < -0.4 is 10.6 Å². The van der Waals surface area contributed by atoms with Crippen LogP contribution in [0.4, 0.5) is 0 Å². The van der Waals surface area contributed by atoms with E-state index in [4.69, 9.17) is 18.9 Å². The molecule has 2 aliphatic heterocycles. The average Bonchev–Trinajstić information content (AvgIpc) is 3.21. The molecule has 7 heteroatoms. The van der Waals surface area contributed by atoms with Gasteiger partial charge in [0.2, 0.25) is 0 Å². The lowest BCUT2D eigenvalue weighted by molar-refractivity contribution is 0.0168. The first-order chi connectivity index (χ1) is 13.4. The predicted octanol–water partition coefficient (Wildman–Crippen LogP) is 1.96. The van der Waals surface area contributed by atoms with Crippen molar-refractivity contribution in [3.8, 4) is 0 Å². The van der Waals surface area contributed by atoms with E-state index in [1.54, 1.807) is 0 Å². The van der Waals surface area contributed by atoms with Gasteiger partial charge in [0.25, 0.3) is 0 Å². The molecule has 27 heavy (non-hydrogen) atoms. The summed E-state index contributed by atoms with van der Waals surface area (Å²) < 4.78 is 22.4. The molecule has 0 saturated carbocycles. The summed E-state index contributed by atoms with van der Waals surface area (Å²) in [6.07, 6.45) is 6.78. The predicted molar refractivity (Wildman–Crippen MR) is 107 cm³/mol. The number of rotatable bonds is 13. The Balaban J connectivity index is 1.44. The van der Waals surface area contributed by atoms with E-state index in [9.17, 15) is 0 Å². The lowest BCUT2D eigenvalue weighted by Crippen LogP contribution is -2.38. The zero-order valence-electron chi connectivity index (χ0n) is 17.0. The molecule has 2 heterocycles. The van der Waals surface area contributed by atoms with Gasteiger partial charge in [-0.2, -0.15) is 0 Å². The lowest BCUT2D eigenvalue weighted by Gasteiger charge is -2.21. The van der Waals surface area contributed by atoms with E-state index in [0.29, 0.717) is 12.0 Å². The van der Waals surface area contributed by atoms with Gasteiger partial charge in [-0.1, -0.05) is 0 Å². The van der Waals surface area contributed by atoms with Gasteiger partial charge < -0.3 is 29.6 Å². The maximum absolute atomic E-state index is 5.79. The van der Waals surface area contributed by atoms with Crippen LogP contribution in [0.5, 0.6) is 0 Å². The second-order valence-electron chi connectivity index (χ2n) is 7.24. The molecule has 1 unspecified atom stereocenters. The molecule has 2 N–H and O–H groups in total. The summed E-state index contributed by atoms with van der Waals surface area (Å²) in [5.41, 5.74) is 0. The minimum Gasteiger partial charge on any atom is -0.381 e. The summed E-state index contributed by atoms with van der Waals surface area (Å²) in [6, 6.07) is 0. The SMILES string of the molecule is CCNC(=NCCCOCC1CCOCC1)NCCCOCC1CCCO1. The molecule has 0 aromatic rings. The molecule has 0 amide bonds. The van der Waals surface area contributed by atoms with Crippen LogP contribution in [0.3, 0.4) is 0 Å². The normalized spacial score (nSPS) is 21.5. The molecule has 2 saturated heterocycles. The van der Waals surface area contributed by atoms with Gasteiger partial charge in [-0.05, 0) is 51.4 Å². The largest absolute Gasteiger partial charge is 0.381 e. The van der Waals surface area contributed by atoms with Crippen LogP contribution >= 0.6 is 0 Å². The fraction of sp³-hybridized carbons (Fsp3) is 0.950. The lowest BCUT2D eigenvalue weighted by atomic mass is 10.0. The first kappa shape index (κ1) is 22.4. The number of aliphatic imine (C=N–C) groups is 1. The highest BCUT2D eigenvalue weighted by atomic mass is 16.5. The van der Waals surface area contributed by atoms with Crippen molar-refractivity contribution in [3.63, 3.8) is 0 Å². The van der Waals surface area contributed by atoms with Gasteiger partial charge in [0.1, 0.15) is 0 Å². The molecule has 0 spiro atoms. The molecule has 158 valence electrons. The third kappa shape index (κ3) is 10.9. The number of hydrogen-bond acceptors (Lipinski definition) is 5. The third-order valence-corrected chi connectivity index (χ3v) is 4.84. The molecule has 2 rings (SSSR count). The topological polar surface area (TPSA) is 73.3 Å². The van der Waals surface area contributed by atoms with E-state index >= 15 is 0 Å². The second-order valence-corrected chi connectivity index (χ2v) is 7.24. The van der Waals surface area contributed by atoms with Crippen molar-refractivity contribution in [3.05, 3.63) is 0 Å². The Morgan fingerprint density at radius 1 is 1.00 bits per heavy atom. The smallest absolute Gasteiger partial charge is 0.191 e. The quantitative estimate of drug-likeness (QED) is 0.287. The van der Waals surface area contributed by atoms with Crippen LogP contribution in [-0.4, -0.2) is 77.9 Å². The molecular formula is C20H39N3O4. The fourth-order valence-corrected chi connectivity index (χ4v) is 3.23. The molecule has 0 aromatic heterocycles. The van der Waals surface area contributed by atoms with Gasteiger partial charge in [0, 0.05) is 59.3 Å². The van der Waals surface area contributed by atoms with Crippen molar-refractivity contribution in [1.82, 2.24) is 10.6 Å². The van der Waals surface area contributed by atoms with Crippen LogP contribution in [-0.2, 0) is 18.9 Å². The van der Waals surface area contributed by atoms with Gasteiger partial charge in [-0.25, -0.2) is 0 Å². The van der Waals surface area contributed by atoms with Crippen LogP contribution in [0, 0.1) is 5.92 Å². The van der Waals surface area contributed by atoms with Crippen molar-refractivity contribution in [2.75, 3.05) is 65.9 Å². The minimum atomic E-state index is 0.311. The summed E-state index contributed by atoms with van der Waals surface area (Å²) >= 11 is 0. The van der Waals surface area contributed by atoms with Crippen LogP contribution in [0.15, 0.2) is 4.99 Å². The maximum Gasteiger partial charge on any atom is 0.191 e. The van der Waals surface area contributed by atoms with E-state index in [1.165, 1.54) is 6.42 Å². The van der Waals surface area contributed by atoms with Crippen molar-refractivity contribution in [2.24, 2.45) is 10.9 Å². The third-order valence-electron chi connectivity index (χ3n) is 4.84. The van der Waals surface area contributed by atoms with Gasteiger partial charge in [0.05, 0.1) is 12.7 Å². The summed E-state index contributed by atoms with van der Waals surface area (Å²) in [5, 5.41) is 6.65. The van der Waals surface area contributed by atoms with E-state index in [-0.39, 0.29) is 0 Å². The van der Waals surface area contributed by atoms with Crippen molar-refractivity contribution in [2.45, 2.75) is 51.6 Å². The molecule has 0 aromatic carbocycles. The first-order valence-corrected chi connectivity index (χ1v) is 10.8. The maximum atomic E-state index is 5.79. The zero-order valence-corrected chi connectivity index (χ0v) is 17.0. The molecule has 0 bridgehead atoms. The Hall–Kier alpha value is -0.890. The summed E-state index contributed by atoms with van der Waals surface area (Å²) in [6.45, 7) is 10.4. The highest BCUT2D eigenvalue weighted by molar-refractivity contribution is 5.79. The summed E-state index contributed by atoms with van der Waals surface area (Å²) in [4.78, 5) is 4.61. The van der Waals surface area contributed by atoms with Gasteiger partial charge in [-0.15, -0.1) is 0 Å². The number of nitrogens with zero attached hydrogens (tertiary/aromatic N) is 1. The second kappa shape index (κ2) is 15.1. The Kier molecular flexibility index (Phi) is 12.5. The van der Waals surface area contributed by atoms with Crippen molar-refractivity contribution < 1.29 is 18.9 Å². The van der Waals surface area contributed by atoms with E-state index in [0.717, 1.165) is 104 Å². The zero-order chi connectivity index (χ0) is 19.0. The standard InChI is InChI=1S/C20H39N3O4/c1-2-21-20(23-10-5-12-26-17-19-6-3-13-27-19)22-9-4-11-25-16-18-7-14-24-15-8-18/h18-19H,2-17H2,1H3,(H2,21,22,23). The minimum absolute atomic E-state index is 0.311. The molecule has 1 atom stereocenters. The highest BCUT2D eigenvalue weighted by Crippen LogP contribution is 2.14. The van der Waals surface area contributed by atoms with E-state index in [2.05, 4.69) is 22.5 Å². The first-order valence-electron chi connectivity index (χ1n) is 10.8. The Labute approximate surface area is 164 Å². The molecule has 2 fully saturated rings. The van der Waals surface area contributed by atoms with Crippen LogP contribution in [0.1, 0.15) is 45.4 Å². The molecular weight excluding hydrogens is 346 g/mol. The average molecular weight is 386 g/mol. The number of ether oxygens (including phenoxy) is 4. The Morgan fingerprint density at radius 3 is 2.59 bits per heavy atom. The number of guanidine groups is 1. The Morgan fingerprint density at radius 2 is 1.81 bits per heavy atom. The number of nitrogens with one attached hydrogen (secondary N) is 2. The summed E-state index contributed by atoms with van der Waals surface area (Å²) in [7, 11) is 0. The molecule has 0 radical (unpaired) electrons. The number of hydrogen-bond donors (Lipinski definition) is 2. The molecule has 7 nitrogen and oxygen atoms in total. The Bertz CT molecular complexity index is 383. The van der Waals surface area contributed by atoms with Crippen molar-refractivity contribution >= 4 is 5.96 Å². The summed E-state index contributed by atoms with van der Waals surface area (Å²) in [5.74, 6) is 1.55. The van der Waals surface area contributed by atoms with Gasteiger partial charge >= 0.3 is 0 Å².